The lowest BCUT2D eigenvalue weighted by molar-refractivity contribution is 0.0746. The first-order chi connectivity index (χ1) is 14.8. The fourth-order valence-electron chi connectivity index (χ4n) is 3.76. The molecular formula is C23H29N3O4S. The Balaban J connectivity index is 1.69. The minimum absolute atomic E-state index is 0.0344. The average Bonchev–Trinajstić information content (AvgIpc) is 2.79. The van der Waals surface area contributed by atoms with E-state index in [2.05, 4.69) is 4.90 Å². The van der Waals surface area contributed by atoms with Crippen molar-refractivity contribution in [2.24, 2.45) is 0 Å². The molecule has 8 heteroatoms. The summed E-state index contributed by atoms with van der Waals surface area (Å²) in [6.45, 7) is 8.32. The predicted molar refractivity (Wildman–Crippen MR) is 121 cm³/mol. The highest BCUT2D eigenvalue weighted by Gasteiger charge is 2.26. The molecule has 2 aromatic carbocycles. The maximum atomic E-state index is 13.0. The van der Waals surface area contributed by atoms with Gasteiger partial charge >= 0.3 is 0 Å². The number of Topliss-reactive ketones (excluding diaryl/α,β-unsaturated/α-hetero) is 1. The molecule has 0 aliphatic carbocycles. The molecule has 1 aliphatic rings. The van der Waals surface area contributed by atoms with Crippen molar-refractivity contribution in [2.45, 2.75) is 25.7 Å². The van der Waals surface area contributed by atoms with E-state index in [-0.39, 0.29) is 16.6 Å². The van der Waals surface area contributed by atoms with Gasteiger partial charge in [-0.15, -0.1) is 0 Å². The molecule has 0 N–H and O–H groups in total. The number of benzene rings is 2. The van der Waals surface area contributed by atoms with Crippen LogP contribution in [-0.2, 0) is 10.0 Å². The van der Waals surface area contributed by atoms with Crippen LogP contribution in [0.5, 0.6) is 0 Å². The summed E-state index contributed by atoms with van der Waals surface area (Å²) in [5, 5.41) is 0. The molecular weight excluding hydrogens is 414 g/mol. The number of amides is 1. The van der Waals surface area contributed by atoms with Crippen LogP contribution in [-0.4, -0.2) is 68.6 Å². The Labute approximate surface area is 184 Å². The smallest absolute Gasteiger partial charge is 0.254 e. The third-order valence-electron chi connectivity index (χ3n) is 5.63. The van der Waals surface area contributed by atoms with Crippen LogP contribution in [0, 0.1) is 0 Å². The van der Waals surface area contributed by atoms with Crippen molar-refractivity contribution in [3.8, 4) is 0 Å². The SMILES string of the molecule is CCN(CC)S(=O)(=O)c1cccc(C(=O)N2CCN(c3ccc(C(C)=O)cc3)CC2)c1. The Bertz CT molecular complexity index is 1040. The van der Waals surface area contributed by atoms with Crippen LogP contribution in [0.25, 0.3) is 0 Å². The van der Waals surface area contributed by atoms with Gasteiger partial charge in [-0.3, -0.25) is 9.59 Å². The van der Waals surface area contributed by atoms with Crippen LogP contribution in [0.15, 0.2) is 53.4 Å². The number of hydrogen-bond donors (Lipinski definition) is 0. The van der Waals surface area contributed by atoms with E-state index < -0.39 is 10.0 Å². The molecule has 0 saturated carbocycles. The number of piperazine rings is 1. The fraction of sp³-hybridized carbons (Fsp3) is 0.391. The second-order valence-electron chi connectivity index (χ2n) is 7.50. The van der Waals surface area contributed by atoms with Gasteiger partial charge in [0.05, 0.1) is 4.90 Å². The van der Waals surface area contributed by atoms with Gasteiger partial charge in [-0.05, 0) is 49.4 Å². The Morgan fingerprint density at radius 1 is 0.903 bits per heavy atom. The van der Waals surface area contributed by atoms with E-state index in [0.29, 0.717) is 50.4 Å². The molecule has 1 saturated heterocycles. The van der Waals surface area contributed by atoms with Gasteiger partial charge < -0.3 is 9.80 Å². The summed E-state index contributed by atoms with van der Waals surface area (Å²) in [4.78, 5) is 28.5. The van der Waals surface area contributed by atoms with Crippen LogP contribution < -0.4 is 4.90 Å². The number of carbonyl (C=O) groups excluding carboxylic acids is 2. The molecule has 3 rings (SSSR count). The number of ketones is 1. The third kappa shape index (κ3) is 4.97. The Morgan fingerprint density at radius 3 is 2.06 bits per heavy atom. The first-order valence-corrected chi connectivity index (χ1v) is 12.0. The summed E-state index contributed by atoms with van der Waals surface area (Å²) in [7, 11) is -3.61. The highest BCUT2D eigenvalue weighted by atomic mass is 32.2. The van der Waals surface area contributed by atoms with Crippen LogP contribution in [0.2, 0.25) is 0 Å². The lowest BCUT2D eigenvalue weighted by Gasteiger charge is -2.36. The Kier molecular flexibility index (Phi) is 7.12. The molecule has 0 atom stereocenters. The van der Waals surface area contributed by atoms with Crippen molar-refractivity contribution >= 4 is 27.4 Å². The first kappa shape index (κ1) is 23.0. The monoisotopic (exact) mass is 443 g/mol. The highest BCUT2D eigenvalue weighted by molar-refractivity contribution is 7.89. The minimum atomic E-state index is -3.61. The van der Waals surface area contributed by atoms with Crippen LogP contribution >= 0.6 is 0 Å². The standard InChI is InChI=1S/C23H29N3O4S/c1-4-26(5-2)31(29,30)22-8-6-7-20(17-22)23(28)25-15-13-24(14-16-25)21-11-9-19(10-12-21)18(3)27/h6-12,17H,4-5,13-16H2,1-3H3. The van der Waals surface area contributed by atoms with E-state index in [4.69, 9.17) is 0 Å². The van der Waals surface area contributed by atoms with Gasteiger partial charge in [0.15, 0.2) is 5.78 Å². The molecule has 7 nitrogen and oxygen atoms in total. The maximum Gasteiger partial charge on any atom is 0.254 e. The van der Waals surface area contributed by atoms with E-state index in [1.807, 2.05) is 24.3 Å². The maximum absolute atomic E-state index is 13.0. The highest BCUT2D eigenvalue weighted by Crippen LogP contribution is 2.21. The molecule has 31 heavy (non-hydrogen) atoms. The lowest BCUT2D eigenvalue weighted by atomic mass is 10.1. The van der Waals surface area contributed by atoms with E-state index in [0.717, 1.165) is 5.69 Å². The first-order valence-electron chi connectivity index (χ1n) is 10.5. The molecule has 0 aromatic heterocycles. The quantitative estimate of drug-likeness (QED) is 0.615. The summed E-state index contributed by atoms with van der Waals surface area (Å²) in [5.74, 6) is -0.129. The van der Waals surface area contributed by atoms with Gasteiger partial charge in [0.2, 0.25) is 10.0 Å². The molecule has 1 heterocycles. The van der Waals surface area contributed by atoms with Crippen molar-refractivity contribution in [1.82, 2.24) is 9.21 Å². The van der Waals surface area contributed by atoms with E-state index in [9.17, 15) is 18.0 Å². The zero-order valence-electron chi connectivity index (χ0n) is 18.2. The molecule has 1 amide bonds. The van der Waals surface area contributed by atoms with E-state index in [1.54, 1.807) is 37.8 Å². The summed E-state index contributed by atoms with van der Waals surface area (Å²) in [5.41, 5.74) is 2.08. The van der Waals surface area contributed by atoms with Gasteiger partial charge in [-0.2, -0.15) is 4.31 Å². The number of rotatable bonds is 7. The largest absolute Gasteiger partial charge is 0.368 e. The Morgan fingerprint density at radius 2 is 1.52 bits per heavy atom. The molecule has 1 aliphatic heterocycles. The van der Waals surface area contributed by atoms with Gasteiger partial charge in [0, 0.05) is 56.1 Å². The lowest BCUT2D eigenvalue weighted by Crippen LogP contribution is -2.48. The Hall–Kier alpha value is -2.71. The molecule has 0 spiro atoms. The zero-order chi connectivity index (χ0) is 22.6. The second-order valence-corrected chi connectivity index (χ2v) is 9.44. The van der Waals surface area contributed by atoms with E-state index in [1.165, 1.54) is 16.4 Å². The van der Waals surface area contributed by atoms with Crippen LogP contribution in [0.1, 0.15) is 41.5 Å². The van der Waals surface area contributed by atoms with E-state index >= 15 is 0 Å². The third-order valence-corrected chi connectivity index (χ3v) is 7.68. The molecule has 0 unspecified atom stereocenters. The summed E-state index contributed by atoms with van der Waals surface area (Å²) in [6, 6.07) is 13.8. The molecule has 0 bridgehead atoms. The normalized spacial score (nSPS) is 14.7. The van der Waals surface area contributed by atoms with Gasteiger partial charge in [-0.1, -0.05) is 19.9 Å². The second kappa shape index (κ2) is 9.62. The van der Waals surface area contributed by atoms with Crippen LogP contribution in [0.4, 0.5) is 5.69 Å². The molecule has 0 radical (unpaired) electrons. The number of sulfonamides is 1. The average molecular weight is 444 g/mol. The van der Waals surface area contributed by atoms with Crippen LogP contribution in [0.3, 0.4) is 0 Å². The summed E-state index contributed by atoms with van der Waals surface area (Å²) >= 11 is 0. The van der Waals surface area contributed by atoms with Crippen molar-refractivity contribution in [1.29, 1.82) is 0 Å². The number of carbonyl (C=O) groups is 2. The van der Waals surface area contributed by atoms with Crippen molar-refractivity contribution in [2.75, 3.05) is 44.2 Å². The van der Waals surface area contributed by atoms with Crippen molar-refractivity contribution < 1.29 is 18.0 Å². The topological polar surface area (TPSA) is 78.0 Å². The molecule has 1 fully saturated rings. The summed E-state index contributed by atoms with van der Waals surface area (Å²) < 4.78 is 27.0. The van der Waals surface area contributed by atoms with Gasteiger partial charge in [-0.25, -0.2) is 8.42 Å². The molecule has 2 aromatic rings. The minimum Gasteiger partial charge on any atom is -0.368 e. The summed E-state index contributed by atoms with van der Waals surface area (Å²) in [6.07, 6.45) is 0. The van der Waals surface area contributed by atoms with Gasteiger partial charge in [0.1, 0.15) is 0 Å². The fourth-order valence-corrected chi connectivity index (χ4v) is 5.26. The molecule has 166 valence electrons. The van der Waals surface area contributed by atoms with Gasteiger partial charge in [0.25, 0.3) is 5.91 Å². The number of hydrogen-bond acceptors (Lipinski definition) is 5. The van der Waals surface area contributed by atoms with Crippen molar-refractivity contribution in [3.05, 3.63) is 59.7 Å². The number of nitrogens with zero attached hydrogens (tertiary/aromatic N) is 3. The zero-order valence-corrected chi connectivity index (χ0v) is 19.1. The number of anilines is 1. The van der Waals surface area contributed by atoms with Crippen molar-refractivity contribution in [3.63, 3.8) is 0 Å². The predicted octanol–water partition coefficient (Wildman–Crippen LogP) is 2.88.